The lowest BCUT2D eigenvalue weighted by atomic mass is 9.81. The smallest absolute Gasteiger partial charge is 0.387 e. The molecule has 0 saturated carbocycles. The van der Waals surface area contributed by atoms with Crippen molar-refractivity contribution in [3.05, 3.63) is 94.3 Å². The monoisotopic (exact) mass is 636 g/mol. The predicted octanol–water partition coefficient (Wildman–Crippen LogP) is 8.81. The Morgan fingerprint density at radius 1 is 0.860 bits per heavy atom. The average Bonchev–Trinajstić information content (AvgIpc) is 3.51. The molecule has 0 saturated heterocycles. The first-order valence-electron chi connectivity index (χ1n) is 13.9. The third-order valence-electron chi connectivity index (χ3n) is 7.28. The van der Waals surface area contributed by atoms with Crippen LogP contribution in [0.25, 0.3) is 0 Å². The zero-order chi connectivity index (χ0) is 31.8. The van der Waals surface area contributed by atoms with Crippen LogP contribution >= 0.6 is 23.1 Å². The van der Waals surface area contributed by atoms with Crippen LogP contribution < -0.4 is 14.0 Å². The Labute approximate surface area is 259 Å². The van der Waals surface area contributed by atoms with Crippen molar-refractivity contribution in [1.29, 1.82) is 0 Å². The van der Waals surface area contributed by atoms with Crippen LogP contribution in [-0.2, 0) is 18.9 Å². The Balaban J connectivity index is 0.00000248. The fourth-order valence-corrected chi connectivity index (χ4v) is 6.39. The molecule has 0 fully saturated rings. The molecule has 43 heavy (non-hydrogen) atoms. The molecule has 0 N–H and O–H groups in total. The molecule has 232 valence electrons. The Morgan fingerprint density at radius 2 is 1.49 bits per heavy atom. The van der Waals surface area contributed by atoms with Gasteiger partial charge in [-0.3, -0.25) is 0 Å². The van der Waals surface area contributed by atoms with Gasteiger partial charge in [-0.2, -0.15) is 17.6 Å². The van der Waals surface area contributed by atoms with Crippen molar-refractivity contribution in [2.45, 2.75) is 82.3 Å². The van der Waals surface area contributed by atoms with E-state index in [2.05, 4.69) is 42.2 Å². The van der Waals surface area contributed by atoms with Crippen molar-refractivity contribution in [2.75, 3.05) is 0 Å². The van der Waals surface area contributed by atoms with E-state index in [1.54, 1.807) is 35.4 Å². The zero-order valence-corrected chi connectivity index (χ0v) is 27.0. The number of benzene rings is 1. The van der Waals surface area contributed by atoms with Crippen LogP contribution in [0, 0.1) is 0 Å². The maximum Gasteiger partial charge on any atom is 0.387 e. The standard InChI is InChI=1S/C30H32F4N3O2S2.C2H6/c1-29(2,26-35-12-15-40-26)30(3,4)41-25-9-7-21(18-36-25)22(16-19-10-13-37(5)14-11-19)20-6-8-23(38-27(31)32)24(17-20)39-28(33)34;1-2/h6-15,17-18,22,27-28H,16H2,1-5H3;1-2H3/q+1;. The average molecular weight is 637 g/mol. The van der Waals surface area contributed by atoms with Crippen LogP contribution in [0.4, 0.5) is 17.6 Å². The minimum Gasteiger partial charge on any atom is -0.431 e. The number of rotatable bonds is 12. The second-order valence-corrected chi connectivity index (χ2v) is 13.1. The minimum atomic E-state index is -3.20. The predicted molar refractivity (Wildman–Crippen MR) is 164 cm³/mol. The molecule has 0 amide bonds. The first-order chi connectivity index (χ1) is 20.4. The second-order valence-electron chi connectivity index (χ2n) is 10.6. The molecule has 5 nitrogen and oxygen atoms in total. The van der Waals surface area contributed by atoms with E-state index in [-0.39, 0.29) is 16.1 Å². The SMILES string of the molecule is CC.C[n+]1ccc(CC(c2ccc(SC(C)(C)C(C)(C)c3nccs3)nc2)c2ccc(OC(F)F)c(OC(F)F)c2)cc1. The third kappa shape index (κ3) is 8.92. The lowest BCUT2D eigenvalue weighted by Gasteiger charge is -2.39. The van der Waals surface area contributed by atoms with E-state index in [9.17, 15) is 17.6 Å². The summed E-state index contributed by atoms with van der Waals surface area (Å²) in [5.41, 5.74) is 2.22. The first kappa shape index (κ1) is 34.3. The summed E-state index contributed by atoms with van der Waals surface area (Å²) in [7, 11) is 1.91. The van der Waals surface area contributed by atoms with E-state index >= 15 is 0 Å². The topological polar surface area (TPSA) is 48.1 Å². The molecular formula is C32H38F4N3O2S2+. The van der Waals surface area contributed by atoms with Crippen LogP contribution in [0.2, 0.25) is 0 Å². The van der Waals surface area contributed by atoms with Gasteiger partial charge in [0.15, 0.2) is 23.9 Å². The Kier molecular flexibility index (Phi) is 12.0. The first-order valence-corrected chi connectivity index (χ1v) is 15.6. The number of hydrogen-bond donors (Lipinski definition) is 0. The molecule has 0 spiro atoms. The van der Waals surface area contributed by atoms with Gasteiger partial charge in [0.1, 0.15) is 7.05 Å². The number of thiazole rings is 1. The highest BCUT2D eigenvalue weighted by Crippen LogP contribution is 2.47. The van der Waals surface area contributed by atoms with Crippen LogP contribution in [0.1, 0.15) is 69.2 Å². The molecule has 1 aromatic carbocycles. The highest BCUT2D eigenvalue weighted by atomic mass is 32.2. The zero-order valence-electron chi connectivity index (χ0n) is 25.4. The van der Waals surface area contributed by atoms with E-state index in [0.717, 1.165) is 21.2 Å². The molecule has 3 heterocycles. The molecule has 0 aliphatic rings. The number of halogens is 4. The van der Waals surface area contributed by atoms with Crippen LogP contribution in [-0.4, -0.2) is 27.9 Å². The Bertz CT molecular complexity index is 1420. The van der Waals surface area contributed by atoms with Gasteiger partial charge in [-0.05, 0) is 55.2 Å². The number of aromatic nitrogens is 3. The van der Waals surface area contributed by atoms with Gasteiger partial charge >= 0.3 is 13.2 Å². The Morgan fingerprint density at radius 3 is 2.05 bits per heavy atom. The number of aryl methyl sites for hydroxylation is 1. The molecule has 0 aliphatic carbocycles. The van der Waals surface area contributed by atoms with Gasteiger partial charge in [-0.1, -0.05) is 51.6 Å². The fraction of sp³-hybridized carbons (Fsp3) is 0.406. The maximum absolute atomic E-state index is 13.1. The van der Waals surface area contributed by atoms with Gasteiger partial charge in [0.25, 0.3) is 0 Å². The minimum absolute atomic E-state index is 0.221. The molecule has 0 bridgehead atoms. The number of pyridine rings is 2. The molecule has 4 rings (SSSR count). The van der Waals surface area contributed by atoms with Crippen molar-refractivity contribution in [2.24, 2.45) is 7.05 Å². The van der Waals surface area contributed by atoms with E-state index < -0.39 is 24.7 Å². The lowest BCUT2D eigenvalue weighted by molar-refractivity contribution is -0.671. The third-order valence-corrected chi connectivity index (χ3v) is 9.85. The molecule has 0 radical (unpaired) electrons. The summed E-state index contributed by atoms with van der Waals surface area (Å²) < 4.78 is 62.8. The lowest BCUT2D eigenvalue weighted by Crippen LogP contribution is -2.39. The fourth-order valence-electron chi connectivity index (χ4n) is 4.29. The quantitative estimate of drug-likeness (QED) is 0.0884. The molecule has 0 aliphatic heterocycles. The normalized spacial score (nSPS) is 12.6. The van der Waals surface area contributed by atoms with Crippen molar-refractivity contribution >= 4 is 23.1 Å². The van der Waals surface area contributed by atoms with Gasteiger partial charge < -0.3 is 9.47 Å². The van der Waals surface area contributed by atoms with Crippen molar-refractivity contribution in [3.63, 3.8) is 0 Å². The van der Waals surface area contributed by atoms with Crippen molar-refractivity contribution < 1.29 is 31.6 Å². The van der Waals surface area contributed by atoms with Gasteiger partial charge in [-0.15, -0.1) is 11.3 Å². The molecule has 1 atom stereocenters. The number of ether oxygens (including phenoxy) is 2. The van der Waals surface area contributed by atoms with Crippen LogP contribution in [0.15, 0.2) is 77.7 Å². The largest absolute Gasteiger partial charge is 0.431 e. The summed E-state index contributed by atoms with van der Waals surface area (Å²) >= 11 is 3.28. The molecular weight excluding hydrogens is 598 g/mol. The highest BCUT2D eigenvalue weighted by molar-refractivity contribution is 8.00. The van der Waals surface area contributed by atoms with E-state index in [1.165, 1.54) is 12.1 Å². The number of hydrogen-bond acceptors (Lipinski definition) is 6. The number of alkyl halides is 4. The molecule has 4 aromatic rings. The van der Waals surface area contributed by atoms with E-state index in [0.29, 0.717) is 12.0 Å². The van der Waals surface area contributed by atoms with Gasteiger partial charge in [0.05, 0.1) is 10.0 Å². The summed E-state index contributed by atoms with van der Waals surface area (Å²) in [6.45, 7) is 6.29. The molecule has 3 aromatic heterocycles. The van der Waals surface area contributed by atoms with Crippen LogP contribution in [0.5, 0.6) is 11.5 Å². The van der Waals surface area contributed by atoms with E-state index in [1.807, 2.05) is 73.7 Å². The molecule has 11 heteroatoms. The maximum atomic E-state index is 13.1. The summed E-state index contributed by atoms with van der Waals surface area (Å²) in [4.78, 5) is 9.29. The van der Waals surface area contributed by atoms with Crippen LogP contribution in [0.3, 0.4) is 0 Å². The van der Waals surface area contributed by atoms with E-state index in [4.69, 9.17) is 4.98 Å². The van der Waals surface area contributed by atoms with Crippen molar-refractivity contribution in [1.82, 2.24) is 9.97 Å². The highest BCUT2D eigenvalue weighted by Gasteiger charge is 2.41. The number of nitrogens with zero attached hydrogens (tertiary/aromatic N) is 3. The molecule has 1 unspecified atom stereocenters. The van der Waals surface area contributed by atoms with Gasteiger partial charge in [0.2, 0.25) is 0 Å². The van der Waals surface area contributed by atoms with Crippen molar-refractivity contribution in [3.8, 4) is 11.5 Å². The van der Waals surface area contributed by atoms with Gasteiger partial charge in [0, 0.05) is 46.0 Å². The second kappa shape index (κ2) is 15.0. The Hall–Kier alpha value is -3.18. The van der Waals surface area contributed by atoms with Gasteiger partial charge in [-0.25, -0.2) is 14.5 Å². The summed E-state index contributed by atoms with van der Waals surface area (Å²) in [6, 6.07) is 12.0. The summed E-state index contributed by atoms with van der Waals surface area (Å²) in [6.07, 6.45) is 7.94. The summed E-state index contributed by atoms with van der Waals surface area (Å²) in [5, 5.41) is 3.85. The summed E-state index contributed by atoms with van der Waals surface area (Å²) in [5.74, 6) is -1.23. The number of thioether (sulfide) groups is 1.